The number of nitrogens with zero attached hydrogens (tertiary/aromatic N) is 4. The molecule has 0 aromatic carbocycles. The van der Waals surface area contributed by atoms with Gasteiger partial charge in [0.25, 0.3) is 11.8 Å². The van der Waals surface area contributed by atoms with Crippen molar-refractivity contribution >= 4 is 34.5 Å². The van der Waals surface area contributed by atoms with Crippen LogP contribution in [-0.2, 0) is 4.74 Å². The van der Waals surface area contributed by atoms with Crippen molar-refractivity contribution in [1.29, 1.82) is 0 Å². The summed E-state index contributed by atoms with van der Waals surface area (Å²) in [6.07, 6.45) is 1.74. The van der Waals surface area contributed by atoms with Crippen LogP contribution in [0.2, 0.25) is 0 Å². The minimum Gasteiger partial charge on any atom is -0.379 e. The van der Waals surface area contributed by atoms with Gasteiger partial charge < -0.3 is 15.0 Å². The third-order valence-corrected chi connectivity index (χ3v) is 7.87. The Morgan fingerprint density at radius 1 is 1.16 bits per heavy atom. The minimum absolute atomic E-state index is 0.0843. The van der Waals surface area contributed by atoms with Crippen LogP contribution in [-0.4, -0.2) is 84.1 Å². The van der Waals surface area contributed by atoms with Gasteiger partial charge in [-0.05, 0) is 26.7 Å². The van der Waals surface area contributed by atoms with E-state index in [1.165, 1.54) is 11.3 Å². The quantitative estimate of drug-likeness (QED) is 0.707. The Balaban J connectivity index is 1.25. The van der Waals surface area contributed by atoms with Crippen molar-refractivity contribution in [3.8, 4) is 0 Å². The molecule has 2 aromatic heterocycles. The van der Waals surface area contributed by atoms with Gasteiger partial charge in [-0.15, -0.1) is 22.7 Å². The van der Waals surface area contributed by atoms with E-state index < -0.39 is 0 Å². The van der Waals surface area contributed by atoms with Crippen LogP contribution in [0, 0.1) is 13.8 Å². The molecule has 0 unspecified atom stereocenters. The Morgan fingerprint density at radius 2 is 1.90 bits per heavy atom. The molecule has 2 aliphatic rings. The molecule has 2 aliphatic heterocycles. The molecule has 4 rings (SSSR count). The van der Waals surface area contributed by atoms with E-state index in [0.29, 0.717) is 31.2 Å². The van der Waals surface area contributed by atoms with Crippen molar-refractivity contribution in [3.05, 3.63) is 31.7 Å². The fourth-order valence-corrected chi connectivity index (χ4v) is 5.88. The van der Waals surface area contributed by atoms with Gasteiger partial charge in [0.05, 0.1) is 28.9 Å². The second kappa shape index (κ2) is 10.2. The molecule has 10 heteroatoms. The lowest BCUT2D eigenvalue weighted by Crippen LogP contribution is -2.41. The average molecular weight is 464 g/mol. The topological polar surface area (TPSA) is 87.7 Å². The molecular weight excluding hydrogens is 434 g/mol. The van der Waals surface area contributed by atoms with E-state index in [1.807, 2.05) is 24.1 Å². The van der Waals surface area contributed by atoms with Crippen LogP contribution in [0.3, 0.4) is 0 Å². The Morgan fingerprint density at radius 3 is 2.58 bits per heavy atom. The summed E-state index contributed by atoms with van der Waals surface area (Å²) in [6, 6.07) is 0. The molecular formula is C21H29N5O3S2. The van der Waals surface area contributed by atoms with Crippen LogP contribution in [0.1, 0.15) is 54.6 Å². The molecule has 168 valence electrons. The predicted octanol–water partition coefficient (Wildman–Crippen LogP) is 2.30. The summed E-state index contributed by atoms with van der Waals surface area (Å²) in [6.45, 7) is 10.0. The van der Waals surface area contributed by atoms with E-state index >= 15 is 0 Å². The van der Waals surface area contributed by atoms with Gasteiger partial charge in [-0.2, -0.15) is 0 Å². The molecule has 31 heavy (non-hydrogen) atoms. The van der Waals surface area contributed by atoms with Crippen molar-refractivity contribution < 1.29 is 14.3 Å². The van der Waals surface area contributed by atoms with Crippen LogP contribution < -0.4 is 5.32 Å². The van der Waals surface area contributed by atoms with Crippen LogP contribution >= 0.6 is 22.7 Å². The molecule has 0 atom stereocenters. The molecule has 2 saturated heterocycles. The smallest absolute Gasteiger partial charge is 0.270 e. The Hall–Kier alpha value is -1.88. The highest BCUT2D eigenvalue weighted by Gasteiger charge is 2.28. The van der Waals surface area contributed by atoms with Crippen molar-refractivity contribution in [3.63, 3.8) is 0 Å². The van der Waals surface area contributed by atoms with E-state index in [4.69, 9.17) is 4.74 Å². The zero-order chi connectivity index (χ0) is 21.8. The lowest BCUT2D eigenvalue weighted by Gasteiger charge is -2.30. The predicted molar refractivity (Wildman–Crippen MR) is 121 cm³/mol. The first-order valence-electron chi connectivity index (χ1n) is 10.8. The summed E-state index contributed by atoms with van der Waals surface area (Å²) in [5.41, 5.74) is 1.31. The number of morpholine rings is 1. The third kappa shape index (κ3) is 5.49. The van der Waals surface area contributed by atoms with Gasteiger partial charge in [0.1, 0.15) is 10.6 Å². The van der Waals surface area contributed by atoms with E-state index in [2.05, 4.69) is 20.2 Å². The number of thiazole rings is 2. The number of carbonyl (C=O) groups is 2. The number of carbonyl (C=O) groups excluding carboxylic acids is 2. The first-order valence-corrected chi connectivity index (χ1v) is 12.5. The maximum absolute atomic E-state index is 12.8. The lowest BCUT2D eigenvalue weighted by molar-refractivity contribution is 0.0383. The van der Waals surface area contributed by atoms with E-state index in [9.17, 15) is 9.59 Å². The Bertz CT molecular complexity index is 914. The second-order valence-corrected chi connectivity index (χ2v) is 10.1. The van der Waals surface area contributed by atoms with Crippen molar-refractivity contribution in [2.24, 2.45) is 0 Å². The number of nitrogens with one attached hydrogen (secondary N) is 1. The molecule has 0 bridgehead atoms. The number of amides is 2. The van der Waals surface area contributed by atoms with Crippen LogP contribution in [0.25, 0.3) is 0 Å². The number of aryl methyl sites for hydroxylation is 2. The number of hydrogen-bond acceptors (Lipinski definition) is 8. The highest BCUT2D eigenvalue weighted by atomic mass is 32.1. The third-order valence-electron chi connectivity index (χ3n) is 5.80. The molecule has 0 saturated carbocycles. The number of ether oxygens (including phenoxy) is 1. The van der Waals surface area contributed by atoms with E-state index in [1.54, 1.807) is 11.3 Å². The van der Waals surface area contributed by atoms with Gasteiger partial charge in [0.2, 0.25) is 0 Å². The molecule has 0 aliphatic carbocycles. The molecule has 1 N–H and O–H groups in total. The second-order valence-electron chi connectivity index (χ2n) is 7.99. The van der Waals surface area contributed by atoms with E-state index in [0.717, 1.165) is 66.3 Å². The largest absolute Gasteiger partial charge is 0.379 e. The molecule has 2 fully saturated rings. The number of piperidine rings is 1. The SMILES string of the molecule is Cc1nc(C)c(C(=O)N2CCC(c3nc(C(=O)NCCN4CCOCC4)cs3)CC2)s1. The van der Waals surface area contributed by atoms with Gasteiger partial charge in [-0.25, -0.2) is 9.97 Å². The van der Waals surface area contributed by atoms with Gasteiger partial charge in [-0.3, -0.25) is 14.5 Å². The molecule has 4 heterocycles. The van der Waals surface area contributed by atoms with Gasteiger partial charge >= 0.3 is 0 Å². The molecule has 2 aromatic rings. The minimum atomic E-state index is -0.112. The summed E-state index contributed by atoms with van der Waals surface area (Å²) in [5, 5.41) is 6.74. The maximum atomic E-state index is 12.8. The lowest BCUT2D eigenvalue weighted by atomic mass is 9.97. The average Bonchev–Trinajstić information content (AvgIpc) is 3.40. The standard InChI is InChI=1S/C21H29N5O3S2/c1-14-18(31-15(2)23-14)21(28)26-6-3-16(4-7-26)20-24-17(13-30-20)19(27)22-5-8-25-9-11-29-12-10-25/h13,16H,3-12H2,1-2H3,(H,22,27). The fraction of sp³-hybridized carbons (Fsp3) is 0.619. The first-order chi connectivity index (χ1) is 15.0. The molecule has 2 amide bonds. The zero-order valence-electron chi connectivity index (χ0n) is 18.1. The summed E-state index contributed by atoms with van der Waals surface area (Å²) < 4.78 is 5.34. The Kier molecular flexibility index (Phi) is 7.31. The monoisotopic (exact) mass is 463 g/mol. The van der Waals surface area contributed by atoms with Crippen molar-refractivity contribution in [1.82, 2.24) is 25.1 Å². The maximum Gasteiger partial charge on any atom is 0.270 e. The van der Waals surface area contributed by atoms with Gasteiger partial charge in [-0.1, -0.05) is 0 Å². The highest BCUT2D eigenvalue weighted by Crippen LogP contribution is 2.31. The summed E-state index contributed by atoms with van der Waals surface area (Å²) in [5.74, 6) is 0.272. The number of hydrogen-bond donors (Lipinski definition) is 1. The fourth-order valence-electron chi connectivity index (χ4n) is 4.03. The van der Waals surface area contributed by atoms with E-state index in [-0.39, 0.29) is 11.8 Å². The van der Waals surface area contributed by atoms with Crippen molar-refractivity contribution in [2.45, 2.75) is 32.6 Å². The van der Waals surface area contributed by atoms with Crippen LogP contribution in [0.5, 0.6) is 0 Å². The van der Waals surface area contributed by atoms with Gasteiger partial charge in [0.15, 0.2) is 0 Å². The molecule has 0 spiro atoms. The summed E-state index contributed by atoms with van der Waals surface area (Å²) >= 11 is 3.02. The Labute approximate surface area is 190 Å². The highest BCUT2D eigenvalue weighted by molar-refractivity contribution is 7.13. The van der Waals surface area contributed by atoms with Crippen molar-refractivity contribution in [2.75, 3.05) is 52.5 Å². The van der Waals surface area contributed by atoms with Gasteiger partial charge in [0, 0.05) is 50.6 Å². The molecule has 8 nitrogen and oxygen atoms in total. The van der Waals surface area contributed by atoms with Crippen LogP contribution in [0.15, 0.2) is 5.38 Å². The number of likely N-dealkylation sites (tertiary alicyclic amines) is 1. The normalized spacial score (nSPS) is 18.3. The zero-order valence-corrected chi connectivity index (χ0v) is 19.7. The number of aromatic nitrogens is 2. The van der Waals surface area contributed by atoms with Crippen LogP contribution in [0.4, 0.5) is 0 Å². The number of rotatable bonds is 6. The molecule has 0 radical (unpaired) electrons. The summed E-state index contributed by atoms with van der Waals surface area (Å²) in [7, 11) is 0. The summed E-state index contributed by atoms with van der Waals surface area (Å²) in [4.78, 5) is 39.2. The first kappa shape index (κ1) is 22.3.